The first-order valence-electron chi connectivity index (χ1n) is 4.84. The number of aromatic nitrogens is 1. The molecule has 0 aliphatic heterocycles. The van der Waals surface area contributed by atoms with Crippen LogP contribution in [-0.4, -0.2) is 36.6 Å². The predicted molar refractivity (Wildman–Crippen MR) is 55.7 cm³/mol. The first-order valence-corrected chi connectivity index (χ1v) is 4.84. The molecule has 2 N–H and O–H groups in total. The van der Waals surface area contributed by atoms with Crippen LogP contribution in [-0.2, 0) is 6.54 Å². The molecule has 0 atom stereocenters. The van der Waals surface area contributed by atoms with Crippen LogP contribution in [0.4, 0.5) is 0 Å². The van der Waals surface area contributed by atoms with E-state index in [4.69, 9.17) is 0 Å². The Morgan fingerprint density at radius 3 is 3.00 bits per heavy atom. The number of aromatic amines is 1. The lowest BCUT2D eigenvalue weighted by molar-refractivity contribution is 0.326. The summed E-state index contributed by atoms with van der Waals surface area (Å²) in [6.07, 6.45) is 4.01. The van der Waals surface area contributed by atoms with Crippen molar-refractivity contribution in [2.75, 3.05) is 26.7 Å². The van der Waals surface area contributed by atoms with Gasteiger partial charge < -0.3 is 15.2 Å². The van der Waals surface area contributed by atoms with Gasteiger partial charge in [-0.15, -0.1) is 0 Å². The van der Waals surface area contributed by atoms with Crippen LogP contribution in [0.25, 0.3) is 0 Å². The Kier molecular flexibility index (Phi) is 4.57. The third-order valence-corrected chi connectivity index (χ3v) is 2.04. The number of H-pyrrole nitrogens is 1. The average molecular weight is 181 g/mol. The first-order chi connectivity index (χ1) is 6.33. The topological polar surface area (TPSA) is 31.1 Å². The van der Waals surface area contributed by atoms with Crippen molar-refractivity contribution >= 4 is 0 Å². The van der Waals surface area contributed by atoms with Gasteiger partial charge >= 0.3 is 0 Å². The zero-order valence-electron chi connectivity index (χ0n) is 8.51. The van der Waals surface area contributed by atoms with Gasteiger partial charge in [0.1, 0.15) is 0 Å². The molecule has 0 fully saturated rings. The predicted octanol–water partition coefficient (Wildman–Crippen LogP) is 1.06. The van der Waals surface area contributed by atoms with E-state index < -0.39 is 0 Å². The highest BCUT2D eigenvalue weighted by atomic mass is 15.1. The van der Waals surface area contributed by atoms with Crippen molar-refractivity contribution in [2.24, 2.45) is 0 Å². The van der Waals surface area contributed by atoms with Crippen LogP contribution in [0.5, 0.6) is 0 Å². The van der Waals surface area contributed by atoms with Crippen LogP contribution in [0, 0.1) is 0 Å². The van der Waals surface area contributed by atoms with E-state index in [0.29, 0.717) is 0 Å². The Balaban J connectivity index is 2.14. The van der Waals surface area contributed by atoms with E-state index >= 15 is 0 Å². The smallest absolute Gasteiger partial charge is 0.0246 e. The molecule has 1 rings (SSSR count). The van der Waals surface area contributed by atoms with Crippen LogP contribution in [0.15, 0.2) is 18.5 Å². The second-order valence-electron chi connectivity index (χ2n) is 3.31. The molecule has 0 saturated heterocycles. The molecule has 0 saturated carbocycles. The first kappa shape index (κ1) is 10.3. The van der Waals surface area contributed by atoms with E-state index in [1.54, 1.807) is 0 Å². The van der Waals surface area contributed by atoms with Crippen molar-refractivity contribution in [2.45, 2.75) is 13.5 Å². The Bertz CT molecular complexity index is 206. The summed E-state index contributed by atoms with van der Waals surface area (Å²) < 4.78 is 0. The van der Waals surface area contributed by atoms with Gasteiger partial charge in [-0.05, 0) is 25.2 Å². The Morgan fingerprint density at radius 1 is 1.54 bits per heavy atom. The quantitative estimate of drug-likeness (QED) is 0.643. The SMILES string of the molecule is CCNCCN(C)Cc1cc[nH]c1. The van der Waals surface area contributed by atoms with Crippen LogP contribution in [0.1, 0.15) is 12.5 Å². The molecule has 1 aromatic rings. The molecule has 0 aliphatic rings. The highest BCUT2D eigenvalue weighted by Gasteiger charge is 1.98. The van der Waals surface area contributed by atoms with E-state index in [0.717, 1.165) is 26.2 Å². The van der Waals surface area contributed by atoms with Crippen molar-refractivity contribution in [3.8, 4) is 0 Å². The maximum atomic E-state index is 3.31. The normalized spacial score (nSPS) is 11.0. The average Bonchev–Trinajstić information content (AvgIpc) is 2.57. The molecule has 3 nitrogen and oxygen atoms in total. The molecule has 3 heteroatoms. The van der Waals surface area contributed by atoms with E-state index in [-0.39, 0.29) is 0 Å². The highest BCUT2D eigenvalue weighted by Crippen LogP contribution is 1.99. The summed E-state index contributed by atoms with van der Waals surface area (Å²) >= 11 is 0. The van der Waals surface area contributed by atoms with E-state index in [1.165, 1.54) is 5.56 Å². The van der Waals surface area contributed by atoms with Gasteiger partial charge in [0.15, 0.2) is 0 Å². The lowest BCUT2D eigenvalue weighted by Gasteiger charge is -2.15. The maximum absolute atomic E-state index is 3.31. The highest BCUT2D eigenvalue weighted by molar-refractivity contribution is 5.07. The fourth-order valence-electron chi connectivity index (χ4n) is 1.29. The van der Waals surface area contributed by atoms with Crippen LogP contribution in [0.2, 0.25) is 0 Å². The molecule has 0 radical (unpaired) electrons. The molecule has 0 spiro atoms. The van der Waals surface area contributed by atoms with Crippen molar-refractivity contribution in [3.05, 3.63) is 24.0 Å². The Hall–Kier alpha value is -0.800. The van der Waals surface area contributed by atoms with Crippen LogP contribution >= 0.6 is 0 Å². The van der Waals surface area contributed by atoms with Gasteiger partial charge in [0.25, 0.3) is 0 Å². The summed E-state index contributed by atoms with van der Waals surface area (Å²) in [6.45, 7) is 6.37. The third kappa shape index (κ3) is 4.10. The van der Waals surface area contributed by atoms with Gasteiger partial charge in [-0.25, -0.2) is 0 Å². The van der Waals surface area contributed by atoms with E-state index in [2.05, 4.69) is 35.2 Å². The van der Waals surface area contributed by atoms with Crippen molar-refractivity contribution in [3.63, 3.8) is 0 Å². The monoisotopic (exact) mass is 181 g/mol. The van der Waals surface area contributed by atoms with Gasteiger partial charge in [0.05, 0.1) is 0 Å². The van der Waals surface area contributed by atoms with Gasteiger partial charge in [0, 0.05) is 32.0 Å². The number of hydrogen-bond acceptors (Lipinski definition) is 2. The molecule has 0 aliphatic carbocycles. The Labute approximate surface area is 80.1 Å². The molecule has 1 aromatic heterocycles. The molecular weight excluding hydrogens is 162 g/mol. The molecule has 0 unspecified atom stereocenters. The summed E-state index contributed by atoms with van der Waals surface area (Å²) in [5.41, 5.74) is 1.35. The molecule has 13 heavy (non-hydrogen) atoms. The molecule has 0 bridgehead atoms. The Morgan fingerprint density at radius 2 is 2.38 bits per heavy atom. The molecule has 74 valence electrons. The third-order valence-electron chi connectivity index (χ3n) is 2.04. The summed E-state index contributed by atoms with van der Waals surface area (Å²) in [6, 6.07) is 2.11. The number of hydrogen-bond donors (Lipinski definition) is 2. The van der Waals surface area contributed by atoms with Gasteiger partial charge in [-0.2, -0.15) is 0 Å². The minimum atomic E-state index is 1.02. The lowest BCUT2D eigenvalue weighted by atomic mass is 10.3. The fourth-order valence-corrected chi connectivity index (χ4v) is 1.29. The van der Waals surface area contributed by atoms with Gasteiger partial charge in [-0.3, -0.25) is 0 Å². The van der Waals surface area contributed by atoms with Crippen molar-refractivity contribution in [1.29, 1.82) is 0 Å². The summed E-state index contributed by atoms with van der Waals surface area (Å²) in [5, 5.41) is 3.31. The van der Waals surface area contributed by atoms with Crippen molar-refractivity contribution in [1.82, 2.24) is 15.2 Å². The van der Waals surface area contributed by atoms with Gasteiger partial charge in [-0.1, -0.05) is 6.92 Å². The molecule has 0 amide bonds. The second kappa shape index (κ2) is 5.78. The number of nitrogens with one attached hydrogen (secondary N) is 2. The summed E-state index contributed by atoms with van der Waals surface area (Å²) in [5.74, 6) is 0. The maximum Gasteiger partial charge on any atom is 0.0246 e. The van der Waals surface area contributed by atoms with Crippen LogP contribution < -0.4 is 5.32 Å². The largest absolute Gasteiger partial charge is 0.367 e. The molecular formula is C10H19N3. The summed E-state index contributed by atoms with van der Waals surface area (Å²) in [7, 11) is 2.14. The van der Waals surface area contributed by atoms with E-state index in [9.17, 15) is 0 Å². The summed E-state index contributed by atoms with van der Waals surface area (Å²) in [4.78, 5) is 5.37. The molecule has 0 aromatic carbocycles. The van der Waals surface area contributed by atoms with Crippen LogP contribution in [0.3, 0.4) is 0 Å². The molecule has 1 heterocycles. The number of likely N-dealkylation sites (N-methyl/N-ethyl adjacent to an activating group) is 2. The zero-order chi connectivity index (χ0) is 9.52. The number of nitrogens with zero attached hydrogens (tertiary/aromatic N) is 1. The minimum Gasteiger partial charge on any atom is -0.367 e. The van der Waals surface area contributed by atoms with E-state index in [1.807, 2.05) is 12.4 Å². The zero-order valence-corrected chi connectivity index (χ0v) is 8.51. The standard InChI is InChI=1S/C10H19N3/c1-3-11-6-7-13(2)9-10-4-5-12-8-10/h4-5,8,11-12H,3,6-7,9H2,1-2H3. The number of rotatable bonds is 6. The van der Waals surface area contributed by atoms with Gasteiger partial charge in [0.2, 0.25) is 0 Å². The second-order valence-corrected chi connectivity index (χ2v) is 3.31. The fraction of sp³-hybridized carbons (Fsp3) is 0.600. The lowest BCUT2D eigenvalue weighted by Crippen LogP contribution is -2.28. The minimum absolute atomic E-state index is 1.02. The van der Waals surface area contributed by atoms with Crippen molar-refractivity contribution < 1.29 is 0 Å².